The number of nitrogens with zero attached hydrogens (tertiary/aromatic N) is 4. The monoisotopic (exact) mass is 664 g/mol. The smallest absolute Gasteiger partial charge is 0.150 e. The first-order chi connectivity index (χ1) is 25.0. The highest BCUT2D eigenvalue weighted by Crippen LogP contribution is 2.53. The third-order valence-corrected chi connectivity index (χ3v) is 11.4. The van der Waals surface area contributed by atoms with E-state index in [0.717, 1.165) is 55.0 Å². The molecule has 0 N–H and O–H groups in total. The zero-order chi connectivity index (χ0) is 34.7. The van der Waals surface area contributed by atoms with Gasteiger partial charge >= 0.3 is 0 Å². The van der Waals surface area contributed by atoms with Gasteiger partial charge in [0.1, 0.15) is 17.8 Å². The van der Waals surface area contributed by atoms with Crippen LogP contribution in [0.3, 0.4) is 0 Å². The Morgan fingerprint density at radius 2 is 1.69 bits per heavy atom. The summed E-state index contributed by atoms with van der Waals surface area (Å²) in [6.45, 7) is 6.92. The summed E-state index contributed by atoms with van der Waals surface area (Å²) in [6.07, 6.45) is 14.1. The van der Waals surface area contributed by atoms with E-state index in [4.69, 9.17) is 9.98 Å². The third-order valence-electron chi connectivity index (χ3n) is 11.4. The Morgan fingerprint density at radius 3 is 2.51 bits per heavy atom. The number of hydrogen-bond donors (Lipinski definition) is 0. The van der Waals surface area contributed by atoms with Gasteiger partial charge in [0.25, 0.3) is 0 Å². The van der Waals surface area contributed by atoms with E-state index in [1.165, 1.54) is 54.8 Å². The Balaban J connectivity index is 1.21. The largest absolute Gasteiger partial charge is 0.333 e. The van der Waals surface area contributed by atoms with Gasteiger partial charge < -0.3 is 9.47 Å². The number of unbranched alkanes of at least 4 members (excludes halogenated alkanes) is 1. The maximum Gasteiger partial charge on any atom is 0.150 e. The molecule has 9 rings (SSSR count). The van der Waals surface area contributed by atoms with Crippen LogP contribution in [0.15, 0.2) is 143 Å². The van der Waals surface area contributed by atoms with Crippen molar-refractivity contribution in [2.75, 3.05) is 7.05 Å². The van der Waals surface area contributed by atoms with Gasteiger partial charge in [-0.25, -0.2) is 9.98 Å². The fraction of sp³-hybridized carbons (Fsp3) is 0.234. The van der Waals surface area contributed by atoms with E-state index in [9.17, 15) is 0 Å². The topological polar surface area (TPSA) is 32.9 Å². The molecule has 4 heteroatoms. The second-order valence-electron chi connectivity index (χ2n) is 14.7. The van der Waals surface area contributed by atoms with Crippen LogP contribution in [0.2, 0.25) is 0 Å². The lowest BCUT2D eigenvalue weighted by atomic mass is 9.65. The van der Waals surface area contributed by atoms with Gasteiger partial charge in [-0.3, -0.25) is 0 Å². The molecule has 0 bridgehead atoms. The molecule has 0 spiro atoms. The Bertz CT molecular complexity index is 2490. The van der Waals surface area contributed by atoms with Gasteiger partial charge in [0, 0.05) is 46.5 Å². The van der Waals surface area contributed by atoms with Crippen molar-refractivity contribution in [2.45, 2.75) is 64.5 Å². The summed E-state index contributed by atoms with van der Waals surface area (Å²) in [4.78, 5) is 12.6. The molecule has 2 aliphatic carbocycles. The number of hydrogen-bond acceptors (Lipinski definition) is 3. The van der Waals surface area contributed by atoms with Crippen LogP contribution in [0.4, 0.5) is 0 Å². The molecule has 0 fully saturated rings. The van der Waals surface area contributed by atoms with Crippen LogP contribution in [0.25, 0.3) is 43.8 Å². The maximum atomic E-state index is 5.18. The van der Waals surface area contributed by atoms with E-state index in [1.807, 2.05) is 0 Å². The zero-order valence-corrected chi connectivity index (χ0v) is 30.0. The number of rotatable bonds is 7. The highest BCUT2D eigenvalue weighted by atomic mass is 15.3. The van der Waals surface area contributed by atoms with Gasteiger partial charge in [-0.05, 0) is 96.5 Å². The molecule has 0 amide bonds. The number of amidine groups is 2. The lowest BCUT2D eigenvalue weighted by Crippen LogP contribution is -2.35. The molecule has 1 aliphatic heterocycles. The fourth-order valence-electron chi connectivity index (χ4n) is 8.85. The third kappa shape index (κ3) is 5.03. The van der Waals surface area contributed by atoms with Crippen molar-refractivity contribution in [3.05, 3.63) is 155 Å². The van der Waals surface area contributed by atoms with E-state index in [1.54, 1.807) is 5.57 Å². The highest BCUT2D eigenvalue weighted by molar-refractivity contribution is 6.21. The molecule has 0 saturated heterocycles. The SMILES string of the molecule is C/C=C\CCCC1=NC(c2ccccc2)N(C)C(c2ccc(-n3c4ccccc4c4cc5cccc6c5c(c43)C3=C(CCC=C3)C6(C)C)cc2)=N1. The molecule has 1 unspecified atom stereocenters. The minimum Gasteiger partial charge on any atom is -0.333 e. The number of aliphatic imine (C=N–C) groups is 2. The summed E-state index contributed by atoms with van der Waals surface area (Å²) in [7, 11) is 2.12. The summed E-state index contributed by atoms with van der Waals surface area (Å²) < 4.78 is 2.51. The van der Waals surface area contributed by atoms with Crippen LogP contribution >= 0.6 is 0 Å². The summed E-state index contributed by atoms with van der Waals surface area (Å²) in [6, 6.07) is 37.9. The number of aromatic nitrogens is 1. The van der Waals surface area contributed by atoms with Gasteiger partial charge in [0.05, 0.1) is 11.0 Å². The van der Waals surface area contributed by atoms with Crippen molar-refractivity contribution in [3.63, 3.8) is 0 Å². The standard InChI is InChI=1S/C47H44N4/c1-5-6-7-11-25-41-48-45(31-17-9-8-10-18-31)50(4)46(49-41)32-26-28-34(29-27-32)51-40-24-15-13-20-35(40)37-30-33-19-16-23-39-42(33)43(44(37)51)36-21-12-14-22-38(36)47(39,2)3/h5-6,8-10,12-13,15-21,23-24,26-30,45H,7,11,14,22,25H2,1-4H3/b6-5-. The Hall–Kier alpha value is -5.48. The number of fused-ring (bicyclic) bond motifs is 5. The molecule has 0 radical (unpaired) electrons. The molecule has 1 atom stereocenters. The molecule has 3 aliphatic rings. The number of para-hydroxylation sites is 1. The van der Waals surface area contributed by atoms with Gasteiger partial charge in [-0.2, -0.15) is 0 Å². The van der Waals surface area contributed by atoms with E-state index < -0.39 is 0 Å². The van der Waals surface area contributed by atoms with Crippen LogP contribution in [-0.4, -0.2) is 28.2 Å². The van der Waals surface area contributed by atoms with Crippen LogP contribution in [0, 0.1) is 0 Å². The molecular formula is C47H44N4. The van der Waals surface area contributed by atoms with Gasteiger partial charge in [0.15, 0.2) is 0 Å². The average molecular weight is 665 g/mol. The summed E-state index contributed by atoms with van der Waals surface area (Å²) >= 11 is 0. The van der Waals surface area contributed by atoms with Crippen molar-refractivity contribution < 1.29 is 0 Å². The maximum absolute atomic E-state index is 5.18. The molecular weight excluding hydrogens is 621 g/mol. The van der Waals surface area contributed by atoms with Crippen molar-refractivity contribution in [1.29, 1.82) is 0 Å². The van der Waals surface area contributed by atoms with Crippen molar-refractivity contribution >= 4 is 49.8 Å². The summed E-state index contributed by atoms with van der Waals surface area (Å²) in [5.74, 6) is 1.88. The predicted molar refractivity (Wildman–Crippen MR) is 216 cm³/mol. The minimum atomic E-state index is -0.113. The van der Waals surface area contributed by atoms with Crippen LogP contribution < -0.4 is 0 Å². The van der Waals surface area contributed by atoms with E-state index in [-0.39, 0.29) is 11.6 Å². The predicted octanol–water partition coefficient (Wildman–Crippen LogP) is 11.9. The number of benzene rings is 5. The summed E-state index contributed by atoms with van der Waals surface area (Å²) in [5, 5.41) is 5.31. The normalized spacial score (nSPS) is 18.2. The van der Waals surface area contributed by atoms with Gasteiger partial charge in [-0.1, -0.05) is 110 Å². The quantitative estimate of drug-likeness (QED) is 0.123. The first-order valence-corrected chi connectivity index (χ1v) is 18.5. The highest BCUT2D eigenvalue weighted by Gasteiger charge is 2.37. The summed E-state index contributed by atoms with van der Waals surface area (Å²) in [5.41, 5.74) is 11.7. The second kappa shape index (κ2) is 12.4. The first kappa shape index (κ1) is 31.5. The molecule has 0 saturated carbocycles. The molecule has 1 aromatic heterocycles. The minimum absolute atomic E-state index is 0.0159. The van der Waals surface area contributed by atoms with Crippen molar-refractivity contribution in [2.24, 2.45) is 9.98 Å². The lowest BCUT2D eigenvalue weighted by Gasteiger charge is -2.38. The molecule has 252 valence electrons. The van der Waals surface area contributed by atoms with Crippen molar-refractivity contribution in [1.82, 2.24) is 9.47 Å². The van der Waals surface area contributed by atoms with E-state index in [2.05, 4.69) is 165 Å². The molecule has 5 aromatic carbocycles. The van der Waals surface area contributed by atoms with Crippen molar-refractivity contribution in [3.8, 4) is 5.69 Å². The Morgan fingerprint density at radius 1 is 0.882 bits per heavy atom. The van der Waals surface area contributed by atoms with Gasteiger partial charge in [0.2, 0.25) is 0 Å². The van der Waals surface area contributed by atoms with E-state index in [0.29, 0.717) is 0 Å². The van der Waals surface area contributed by atoms with Crippen LogP contribution in [0.5, 0.6) is 0 Å². The average Bonchev–Trinajstić information content (AvgIpc) is 3.50. The molecule has 6 aromatic rings. The Labute approximate surface area is 300 Å². The molecule has 2 heterocycles. The van der Waals surface area contributed by atoms with Crippen LogP contribution in [0.1, 0.15) is 81.3 Å². The van der Waals surface area contributed by atoms with Crippen LogP contribution in [-0.2, 0) is 5.41 Å². The zero-order valence-electron chi connectivity index (χ0n) is 30.0. The lowest BCUT2D eigenvalue weighted by molar-refractivity contribution is 0.381. The first-order valence-electron chi connectivity index (χ1n) is 18.5. The van der Waals surface area contributed by atoms with E-state index >= 15 is 0 Å². The second-order valence-corrected chi connectivity index (χ2v) is 14.7. The molecule has 4 nitrogen and oxygen atoms in total. The molecule has 51 heavy (non-hydrogen) atoms. The van der Waals surface area contributed by atoms with Gasteiger partial charge in [-0.15, -0.1) is 0 Å². The Kier molecular flexibility index (Phi) is 7.65. The fourth-order valence-corrected chi connectivity index (χ4v) is 8.85. The number of allylic oxidation sites excluding steroid dienone is 6.